The summed E-state index contributed by atoms with van der Waals surface area (Å²) in [7, 11) is 0. The predicted molar refractivity (Wildman–Crippen MR) is 63.0 cm³/mol. The second kappa shape index (κ2) is 4.38. The molecule has 3 nitrogen and oxygen atoms in total. The molecule has 2 atom stereocenters. The summed E-state index contributed by atoms with van der Waals surface area (Å²) in [5, 5.41) is 0. The largest absolute Gasteiger partial charge is 0.464 e. The normalized spacial score (nSPS) is 26.7. The van der Waals surface area contributed by atoms with Crippen molar-refractivity contribution in [2.45, 2.75) is 25.6 Å². The number of esters is 1. The van der Waals surface area contributed by atoms with E-state index in [4.69, 9.17) is 9.47 Å². The van der Waals surface area contributed by atoms with Crippen LogP contribution in [0.2, 0.25) is 0 Å². The van der Waals surface area contributed by atoms with Gasteiger partial charge in [-0.3, -0.25) is 0 Å². The predicted octanol–water partition coefficient (Wildman–Crippen LogP) is 2.77. The molecule has 0 spiro atoms. The van der Waals surface area contributed by atoms with Crippen LogP contribution >= 0.6 is 15.9 Å². The number of hydrogen-bond acceptors (Lipinski definition) is 3. The quantitative estimate of drug-likeness (QED) is 0.636. The van der Waals surface area contributed by atoms with E-state index >= 15 is 0 Å². The Kier molecular flexibility index (Phi) is 3.23. The van der Waals surface area contributed by atoms with Gasteiger partial charge in [-0.1, -0.05) is 22.0 Å². The molecule has 0 aromatic heterocycles. The second-order valence-corrected chi connectivity index (χ2v) is 4.90. The number of epoxide rings is 1. The van der Waals surface area contributed by atoms with E-state index in [0.717, 1.165) is 0 Å². The van der Waals surface area contributed by atoms with E-state index in [1.54, 1.807) is 26.0 Å². The van der Waals surface area contributed by atoms with Gasteiger partial charge < -0.3 is 9.47 Å². The summed E-state index contributed by atoms with van der Waals surface area (Å²) in [4.78, 5) is 11.5. The van der Waals surface area contributed by atoms with Crippen LogP contribution in [0.25, 0.3) is 0 Å². The van der Waals surface area contributed by atoms with Gasteiger partial charge >= 0.3 is 5.97 Å². The van der Waals surface area contributed by atoms with Gasteiger partial charge in [0.05, 0.1) is 6.61 Å². The number of benzene rings is 1. The zero-order valence-corrected chi connectivity index (χ0v) is 11.1. The molecule has 1 fully saturated rings. The van der Waals surface area contributed by atoms with Crippen LogP contribution in [-0.2, 0) is 19.9 Å². The van der Waals surface area contributed by atoms with Crippen LogP contribution in [0.3, 0.4) is 0 Å². The molecule has 1 aliphatic heterocycles. The van der Waals surface area contributed by atoms with E-state index in [-0.39, 0.29) is 6.61 Å². The molecule has 0 radical (unpaired) electrons. The van der Waals surface area contributed by atoms with E-state index in [9.17, 15) is 9.18 Å². The molecule has 17 heavy (non-hydrogen) atoms. The van der Waals surface area contributed by atoms with Crippen molar-refractivity contribution in [3.63, 3.8) is 0 Å². The molecular formula is C12H12BrFO3. The Labute approximate surface area is 107 Å². The first-order valence-electron chi connectivity index (χ1n) is 5.29. The number of halogens is 2. The molecule has 1 aromatic carbocycles. The number of ether oxygens (including phenoxy) is 2. The molecule has 1 saturated heterocycles. The highest BCUT2D eigenvalue weighted by Crippen LogP contribution is 2.47. The molecule has 0 bridgehead atoms. The van der Waals surface area contributed by atoms with Gasteiger partial charge in [0.2, 0.25) is 0 Å². The van der Waals surface area contributed by atoms with Crippen molar-refractivity contribution < 1.29 is 18.7 Å². The molecule has 92 valence electrons. The van der Waals surface area contributed by atoms with E-state index in [1.165, 1.54) is 6.07 Å². The third-order valence-electron chi connectivity index (χ3n) is 2.77. The van der Waals surface area contributed by atoms with Crippen LogP contribution < -0.4 is 0 Å². The van der Waals surface area contributed by atoms with Crippen LogP contribution in [-0.4, -0.2) is 18.7 Å². The summed E-state index contributed by atoms with van der Waals surface area (Å²) < 4.78 is 24.5. The Hall–Kier alpha value is -0.940. The Morgan fingerprint density at radius 2 is 2.35 bits per heavy atom. The average Bonchev–Trinajstić information content (AvgIpc) is 2.92. The lowest BCUT2D eigenvalue weighted by molar-refractivity contribution is -0.144. The highest BCUT2D eigenvalue weighted by molar-refractivity contribution is 9.10. The minimum absolute atomic E-state index is 0.289. The molecule has 5 heteroatoms. The maximum absolute atomic E-state index is 13.7. The minimum Gasteiger partial charge on any atom is -0.464 e. The second-order valence-electron chi connectivity index (χ2n) is 3.98. The molecular weight excluding hydrogens is 291 g/mol. The first-order chi connectivity index (χ1) is 7.99. The maximum atomic E-state index is 13.7. The molecule has 2 unspecified atom stereocenters. The standard InChI is InChI=1S/C12H12BrFO3/c1-3-16-11(15)10-12(2,17-10)8-5-4-7(13)6-9(8)14/h4-6,10H,3H2,1-2H3. The lowest BCUT2D eigenvalue weighted by Crippen LogP contribution is -2.19. The number of carbonyl (C=O) groups is 1. The zero-order valence-electron chi connectivity index (χ0n) is 9.50. The number of carbonyl (C=O) groups excluding carboxylic acids is 1. The zero-order chi connectivity index (χ0) is 12.6. The van der Waals surface area contributed by atoms with Gasteiger partial charge in [0.1, 0.15) is 11.4 Å². The maximum Gasteiger partial charge on any atom is 0.338 e. The molecule has 1 heterocycles. The summed E-state index contributed by atoms with van der Waals surface area (Å²) in [6.07, 6.45) is -0.710. The van der Waals surface area contributed by atoms with Gasteiger partial charge in [-0.15, -0.1) is 0 Å². The highest BCUT2D eigenvalue weighted by atomic mass is 79.9. The summed E-state index contributed by atoms with van der Waals surface area (Å²) in [5.41, 5.74) is -0.532. The summed E-state index contributed by atoms with van der Waals surface area (Å²) >= 11 is 3.18. The molecule has 0 saturated carbocycles. The van der Waals surface area contributed by atoms with Crippen molar-refractivity contribution in [2.75, 3.05) is 6.61 Å². The lowest BCUT2D eigenvalue weighted by Gasteiger charge is -2.08. The van der Waals surface area contributed by atoms with Gasteiger partial charge in [0.25, 0.3) is 0 Å². The van der Waals surface area contributed by atoms with Crippen molar-refractivity contribution in [2.24, 2.45) is 0 Å². The first-order valence-corrected chi connectivity index (χ1v) is 6.08. The van der Waals surface area contributed by atoms with E-state index < -0.39 is 23.5 Å². The first kappa shape index (κ1) is 12.5. The molecule has 0 N–H and O–H groups in total. The van der Waals surface area contributed by atoms with Crippen molar-refractivity contribution in [3.8, 4) is 0 Å². The Morgan fingerprint density at radius 1 is 1.65 bits per heavy atom. The third-order valence-corrected chi connectivity index (χ3v) is 3.27. The summed E-state index contributed by atoms with van der Waals surface area (Å²) in [6, 6.07) is 4.68. The molecule has 0 amide bonds. The third kappa shape index (κ3) is 2.21. The number of rotatable bonds is 3. The van der Waals surface area contributed by atoms with E-state index in [0.29, 0.717) is 10.0 Å². The fourth-order valence-electron chi connectivity index (χ4n) is 1.80. The van der Waals surface area contributed by atoms with Crippen LogP contribution in [0, 0.1) is 5.82 Å². The van der Waals surface area contributed by atoms with Gasteiger partial charge in [-0.25, -0.2) is 9.18 Å². The summed E-state index contributed by atoms with van der Waals surface area (Å²) in [5.74, 6) is -0.842. The van der Waals surface area contributed by atoms with Crippen LogP contribution in [0.5, 0.6) is 0 Å². The van der Waals surface area contributed by atoms with Gasteiger partial charge in [0.15, 0.2) is 6.10 Å². The van der Waals surface area contributed by atoms with E-state index in [1.807, 2.05) is 0 Å². The van der Waals surface area contributed by atoms with Crippen LogP contribution in [0.1, 0.15) is 19.4 Å². The average molecular weight is 303 g/mol. The molecule has 1 aliphatic rings. The van der Waals surface area contributed by atoms with Crippen molar-refractivity contribution in [1.82, 2.24) is 0 Å². The Morgan fingerprint density at radius 3 is 2.94 bits per heavy atom. The van der Waals surface area contributed by atoms with Gasteiger partial charge in [-0.05, 0) is 26.0 Å². The fourth-order valence-corrected chi connectivity index (χ4v) is 2.13. The fraction of sp³-hybridized carbons (Fsp3) is 0.417. The minimum atomic E-state index is -0.906. The van der Waals surface area contributed by atoms with Crippen LogP contribution in [0.4, 0.5) is 4.39 Å². The smallest absolute Gasteiger partial charge is 0.338 e. The topological polar surface area (TPSA) is 38.8 Å². The summed E-state index contributed by atoms with van der Waals surface area (Å²) in [6.45, 7) is 3.69. The monoisotopic (exact) mass is 302 g/mol. The number of hydrogen-bond donors (Lipinski definition) is 0. The molecule has 1 aromatic rings. The molecule has 2 rings (SSSR count). The van der Waals surface area contributed by atoms with E-state index in [2.05, 4.69) is 15.9 Å². The lowest BCUT2D eigenvalue weighted by atomic mass is 9.97. The van der Waals surface area contributed by atoms with Gasteiger partial charge in [-0.2, -0.15) is 0 Å². The Bertz CT molecular complexity index is 463. The molecule has 0 aliphatic carbocycles. The van der Waals surface area contributed by atoms with Crippen molar-refractivity contribution >= 4 is 21.9 Å². The van der Waals surface area contributed by atoms with Crippen molar-refractivity contribution in [3.05, 3.63) is 34.1 Å². The SMILES string of the molecule is CCOC(=O)C1OC1(C)c1ccc(Br)cc1F. The highest BCUT2D eigenvalue weighted by Gasteiger charge is 2.60. The van der Waals surface area contributed by atoms with Crippen LogP contribution in [0.15, 0.2) is 22.7 Å². The van der Waals surface area contributed by atoms with Crippen molar-refractivity contribution in [1.29, 1.82) is 0 Å². The Balaban J connectivity index is 2.22. The van der Waals surface area contributed by atoms with Gasteiger partial charge in [0, 0.05) is 10.0 Å².